The van der Waals surface area contributed by atoms with Crippen molar-refractivity contribution in [2.24, 2.45) is 5.92 Å². The third-order valence-electron chi connectivity index (χ3n) is 5.46. The van der Waals surface area contributed by atoms with Gasteiger partial charge in [-0.1, -0.05) is 28.1 Å². The number of ether oxygens (including phenoxy) is 1. The summed E-state index contributed by atoms with van der Waals surface area (Å²) in [5.74, 6) is 1.98. The topological polar surface area (TPSA) is 67.4 Å². The van der Waals surface area contributed by atoms with E-state index < -0.39 is 0 Å². The van der Waals surface area contributed by atoms with E-state index in [1.165, 1.54) is 0 Å². The molecule has 0 radical (unpaired) electrons. The molecule has 1 amide bonds. The molecule has 0 atom stereocenters. The Morgan fingerprint density at radius 2 is 1.87 bits per heavy atom. The van der Waals surface area contributed by atoms with Gasteiger partial charge in [0.1, 0.15) is 5.75 Å². The minimum absolute atomic E-state index is 0.0305. The van der Waals surface area contributed by atoms with Crippen LogP contribution in [0.5, 0.6) is 11.6 Å². The SMILES string of the molecule is Cc1cccc(Oc2nccnc2N2CCC(C(=O)Nc3ccc(Br)cc3C)CC2)c1. The lowest BCUT2D eigenvalue weighted by molar-refractivity contribution is -0.120. The Morgan fingerprint density at radius 1 is 1.10 bits per heavy atom. The first-order chi connectivity index (χ1) is 15.0. The highest BCUT2D eigenvalue weighted by Gasteiger charge is 2.27. The molecule has 1 N–H and O–H groups in total. The number of aryl methyl sites for hydroxylation is 2. The smallest absolute Gasteiger partial charge is 0.263 e. The van der Waals surface area contributed by atoms with Gasteiger partial charge in [-0.05, 0) is 68.1 Å². The Labute approximate surface area is 190 Å². The second kappa shape index (κ2) is 9.47. The lowest BCUT2D eigenvalue weighted by atomic mass is 9.95. The molecular formula is C24H25BrN4O2. The fourth-order valence-corrected chi connectivity index (χ4v) is 4.23. The Bertz CT molecular complexity index is 1080. The van der Waals surface area contributed by atoms with Crippen LogP contribution >= 0.6 is 15.9 Å². The summed E-state index contributed by atoms with van der Waals surface area (Å²) in [5.41, 5.74) is 3.02. The number of nitrogens with one attached hydrogen (secondary N) is 1. The number of anilines is 2. The highest BCUT2D eigenvalue weighted by molar-refractivity contribution is 9.10. The van der Waals surface area contributed by atoms with Crippen LogP contribution in [-0.4, -0.2) is 29.0 Å². The van der Waals surface area contributed by atoms with Crippen LogP contribution in [0.4, 0.5) is 11.5 Å². The molecule has 1 aliphatic rings. The van der Waals surface area contributed by atoms with E-state index in [-0.39, 0.29) is 11.8 Å². The molecule has 7 heteroatoms. The van der Waals surface area contributed by atoms with Gasteiger partial charge in [0.15, 0.2) is 5.82 Å². The Hall–Kier alpha value is -2.93. The van der Waals surface area contributed by atoms with Crippen molar-refractivity contribution in [1.29, 1.82) is 0 Å². The molecule has 6 nitrogen and oxygen atoms in total. The number of carbonyl (C=O) groups excluding carboxylic acids is 1. The largest absolute Gasteiger partial charge is 0.436 e. The maximum atomic E-state index is 12.8. The average molecular weight is 481 g/mol. The summed E-state index contributed by atoms with van der Waals surface area (Å²) in [5, 5.41) is 3.08. The van der Waals surface area contributed by atoms with Crippen LogP contribution < -0.4 is 15.0 Å². The molecular weight excluding hydrogens is 456 g/mol. The molecule has 0 bridgehead atoms. The Morgan fingerprint density at radius 3 is 2.61 bits per heavy atom. The molecule has 2 heterocycles. The molecule has 1 aromatic heterocycles. The van der Waals surface area contributed by atoms with Crippen LogP contribution in [0.1, 0.15) is 24.0 Å². The molecule has 0 saturated carbocycles. The molecule has 160 valence electrons. The molecule has 0 unspecified atom stereocenters. The van der Waals surface area contributed by atoms with Gasteiger partial charge >= 0.3 is 0 Å². The van der Waals surface area contributed by atoms with Crippen LogP contribution in [0.25, 0.3) is 0 Å². The predicted molar refractivity (Wildman–Crippen MR) is 126 cm³/mol. The van der Waals surface area contributed by atoms with Crippen LogP contribution in [-0.2, 0) is 4.79 Å². The maximum absolute atomic E-state index is 12.8. The van der Waals surface area contributed by atoms with Gasteiger partial charge in [-0.15, -0.1) is 0 Å². The fraction of sp³-hybridized carbons (Fsp3) is 0.292. The summed E-state index contributed by atoms with van der Waals surface area (Å²) in [6.45, 7) is 5.46. The summed E-state index contributed by atoms with van der Waals surface area (Å²) in [4.78, 5) is 23.8. The molecule has 0 spiro atoms. The van der Waals surface area contributed by atoms with Gasteiger partial charge < -0.3 is 15.0 Å². The zero-order chi connectivity index (χ0) is 21.8. The third-order valence-corrected chi connectivity index (χ3v) is 5.96. The van der Waals surface area contributed by atoms with Gasteiger partial charge in [-0.2, -0.15) is 0 Å². The lowest BCUT2D eigenvalue weighted by Crippen LogP contribution is -2.38. The van der Waals surface area contributed by atoms with Crippen LogP contribution in [0.2, 0.25) is 0 Å². The van der Waals surface area contributed by atoms with Crippen molar-refractivity contribution >= 4 is 33.3 Å². The maximum Gasteiger partial charge on any atom is 0.263 e. The van der Waals surface area contributed by atoms with E-state index in [1.54, 1.807) is 12.4 Å². The van der Waals surface area contributed by atoms with Crippen LogP contribution in [0.3, 0.4) is 0 Å². The first kappa shape index (κ1) is 21.3. The molecule has 1 fully saturated rings. The highest BCUT2D eigenvalue weighted by atomic mass is 79.9. The summed E-state index contributed by atoms with van der Waals surface area (Å²) in [6, 6.07) is 13.7. The van der Waals surface area contributed by atoms with Crippen molar-refractivity contribution in [3.8, 4) is 11.6 Å². The molecule has 3 aromatic rings. The molecule has 0 aliphatic carbocycles. The van der Waals surface area contributed by atoms with Crippen molar-refractivity contribution in [3.63, 3.8) is 0 Å². The summed E-state index contributed by atoms with van der Waals surface area (Å²) in [7, 11) is 0. The Balaban J connectivity index is 1.40. The van der Waals surface area contributed by atoms with Gasteiger partial charge in [0.05, 0.1) is 0 Å². The van der Waals surface area contributed by atoms with Crippen molar-refractivity contribution < 1.29 is 9.53 Å². The zero-order valence-electron chi connectivity index (χ0n) is 17.6. The number of carbonyl (C=O) groups is 1. The van der Waals surface area contributed by atoms with E-state index in [1.807, 2.05) is 56.3 Å². The second-order valence-corrected chi connectivity index (χ2v) is 8.73. The normalized spacial score (nSPS) is 14.4. The van der Waals surface area contributed by atoms with Gasteiger partial charge in [-0.25, -0.2) is 9.97 Å². The molecule has 1 aliphatic heterocycles. The van der Waals surface area contributed by atoms with Crippen molar-refractivity contribution in [3.05, 3.63) is 70.5 Å². The number of hydrogen-bond acceptors (Lipinski definition) is 5. The summed E-state index contributed by atoms with van der Waals surface area (Å²) in [6.07, 6.45) is 4.81. The molecule has 2 aromatic carbocycles. The lowest BCUT2D eigenvalue weighted by Gasteiger charge is -2.32. The van der Waals surface area contributed by atoms with E-state index in [4.69, 9.17) is 4.74 Å². The number of benzene rings is 2. The highest BCUT2D eigenvalue weighted by Crippen LogP contribution is 2.31. The summed E-state index contributed by atoms with van der Waals surface area (Å²) >= 11 is 3.46. The predicted octanol–water partition coefficient (Wildman–Crippen LogP) is 5.50. The molecule has 31 heavy (non-hydrogen) atoms. The van der Waals surface area contributed by atoms with E-state index >= 15 is 0 Å². The number of halogens is 1. The van der Waals surface area contributed by atoms with Gasteiger partial charge in [0.25, 0.3) is 5.88 Å². The van der Waals surface area contributed by atoms with E-state index in [2.05, 4.69) is 36.1 Å². The van der Waals surface area contributed by atoms with Crippen molar-refractivity contribution in [2.75, 3.05) is 23.3 Å². The first-order valence-corrected chi connectivity index (χ1v) is 11.2. The number of aromatic nitrogens is 2. The van der Waals surface area contributed by atoms with Crippen LogP contribution in [0.15, 0.2) is 59.3 Å². The zero-order valence-corrected chi connectivity index (χ0v) is 19.2. The monoisotopic (exact) mass is 480 g/mol. The van der Waals surface area contributed by atoms with E-state index in [9.17, 15) is 4.79 Å². The quantitative estimate of drug-likeness (QED) is 0.521. The van der Waals surface area contributed by atoms with Crippen molar-refractivity contribution in [2.45, 2.75) is 26.7 Å². The number of amides is 1. The fourth-order valence-electron chi connectivity index (χ4n) is 3.75. The summed E-state index contributed by atoms with van der Waals surface area (Å²) < 4.78 is 7.02. The van der Waals surface area contributed by atoms with E-state index in [0.29, 0.717) is 11.7 Å². The van der Waals surface area contributed by atoms with Gasteiger partial charge in [0.2, 0.25) is 5.91 Å². The number of rotatable bonds is 5. The third kappa shape index (κ3) is 5.22. The van der Waals surface area contributed by atoms with Crippen LogP contribution in [0, 0.1) is 19.8 Å². The minimum atomic E-state index is -0.0305. The first-order valence-electron chi connectivity index (χ1n) is 10.4. The number of hydrogen-bond donors (Lipinski definition) is 1. The number of nitrogens with zero attached hydrogens (tertiary/aromatic N) is 3. The van der Waals surface area contributed by atoms with E-state index in [0.717, 1.165) is 53.0 Å². The van der Waals surface area contributed by atoms with Gasteiger partial charge in [-0.3, -0.25) is 4.79 Å². The van der Waals surface area contributed by atoms with Crippen molar-refractivity contribution in [1.82, 2.24) is 9.97 Å². The molecule has 4 rings (SSSR count). The van der Waals surface area contributed by atoms with Gasteiger partial charge in [0, 0.05) is 41.6 Å². The molecule has 1 saturated heterocycles. The average Bonchev–Trinajstić information content (AvgIpc) is 2.76. The Kier molecular flexibility index (Phi) is 6.51. The minimum Gasteiger partial charge on any atom is -0.436 e. The second-order valence-electron chi connectivity index (χ2n) is 7.81. The number of piperidine rings is 1. The standard InChI is InChI=1S/C24H25BrN4O2/c1-16-4-3-5-20(14-16)31-24-22(26-10-11-27-24)29-12-8-18(9-13-29)23(30)28-21-7-6-19(25)15-17(21)2/h3-7,10-11,14-15,18H,8-9,12-13H2,1-2H3,(H,28,30).